The molecule has 1 aliphatic carbocycles. The topological polar surface area (TPSA) is 21.3 Å². The minimum atomic E-state index is 0.435. The van der Waals surface area contributed by atoms with Crippen molar-refractivity contribution in [3.05, 3.63) is 34.9 Å². The number of aryl methyl sites for hydroxylation is 2. The lowest BCUT2D eigenvalue weighted by Crippen LogP contribution is -2.36. The van der Waals surface area contributed by atoms with Crippen molar-refractivity contribution in [1.82, 2.24) is 5.32 Å². The summed E-state index contributed by atoms with van der Waals surface area (Å²) in [6.45, 7) is 6.64. The maximum Gasteiger partial charge on any atom is 0.0572 e. The number of nitrogens with one attached hydrogen (secondary N) is 1. The molecule has 0 aliphatic heterocycles. The van der Waals surface area contributed by atoms with Crippen LogP contribution in [0.15, 0.2) is 18.2 Å². The molecule has 0 spiro atoms. The zero-order valence-electron chi connectivity index (χ0n) is 12.7. The molecule has 1 aliphatic rings. The van der Waals surface area contributed by atoms with Crippen LogP contribution in [0.2, 0.25) is 0 Å². The van der Waals surface area contributed by atoms with Crippen molar-refractivity contribution >= 4 is 0 Å². The summed E-state index contributed by atoms with van der Waals surface area (Å²) in [6, 6.07) is 7.83. The van der Waals surface area contributed by atoms with E-state index in [0.717, 1.165) is 0 Å². The van der Waals surface area contributed by atoms with Gasteiger partial charge in [-0.05, 0) is 57.6 Å². The molecule has 0 bridgehead atoms. The van der Waals surface area contributed by atoms with Gasteiger partial charge in [-0.1, -0.05) is 23.8 Å². The van der Waals surface area contributed by atoms with E-state index in [1.807, 2.05) is 7.11 Å². The SMILES string of the molecule is COC1CCC(NC(C)c2ccc(C)cc2C)CC1. The van der Waals surface area contributed by atoms with Crippen LogP contribution in [0.25, 0.3) is 0 Å². The molecule has 1 unspecified atom stereocenters. The molecule has 1 fully saturated rings. The zero-order valence-corrected chi connectivity index (χ0v) is 12.7. The Morgan fingerprint density at radius 3 is 2.42 bits per heavy atom. The summed E-state index contributed by atoms with van der Waals surface area (Å²) in [5.41, 5.74) is 4.17. The Balaban J connectivity index is 1.92. The number of hydrogen-bond donors (Lipinski definition) is 1. The van der Waals surface area contributed by atoms with Crippen LogP contribution >= 0.6 is 0 Å². The van der Waals surface area contributed by atoms with Gasteiger partial charge in [0.1, 0.15) is 0 Å². The highest BCUT2D eigenvalue weighted by atomic mass is 16.5. The number of ether oxygens (including phenoxy) is 1. The summed E-state index contributed by atoms with van der Waals surface area (Å²) in [4.78, 5) is 0. The summed E-state index contributed by atoms with van der Waals surface area (Å²) >= 11 is 0. The second-order valence-electron chi connectivity index (χ2n) is 5.96. The number of rotatable bonds is 4. The minimum Gasteiger partial charge on any atom is -0.381 e. The average molecular weight is 261 g/mol. The summed E-state index contributed by atoms with van der Waals surface area (Å²) in [6.07, 6.45) is 5.32. The highest BCUT2D eigenvalue weighted by Gasteiger charge is 2.22. The lowest BCUT2D eigenvalue weighted by atomic mass is 9.91. The summed E-state index contributed by atoms with van der Waals surface area (Å²) < 4.78 is 5.43. The summed E-state index contributed by atoms with van der Waals surface area (Å²) in [5, 5.41) is 3.78. The van der Waals surface area contributed by atoms with Gasteiger partial charge in [0, 0.05) is 19.2 Å². The Morgan fingerprint density at radius 2 is 1.84 bits per heavy atom. The number of methoxy groups -OCH3 is 1. The quantitative estimate of drug-likeness (QED) is 0.887. The van der Waals surface area contributed by atoms with Gasteiger partial charge in [0.2, 0.25) is 0 Å². The van der Waals surface area contributed by atoms with Crippen molar-refractivity contribution < 1.29 is 4.74 Å². The van der Waals surface area contributed by atoms with Crippen LogP contribution in [0.4, 0.5) is 0 Å². The first kappa shape index (κ1) is 14.5. The van der Waals surface area contributed by atoms with Gasteiger partial charge < -0.3 is 10.1 Å². The Morgan fingerprint density at radius 1 is 1.16 bits per heavy atom. The van der Waals surface area contributed by atoms with Crippen molar-refractivity contribution in [3.8, 4) is 0 Å². The van der Waals surface area contributed by atoms with E-state index >= 15 is 0 Å². The van der Waals surface area contributed by atoms with E-state index in [0.29, 0.717) is 18.2 Å². The lowest BCUT2D eigenvalue weighted by Gasteiger charge is -2.31. The molecule has 2 nitrogen and oxygen atoms in total. The number of benzene rings is 1. The standard InChI is InChI=1S/C17H27NO/c1-12-5-10-17(13(2)11-12)14(3)18-15-6-8-16(19-4)9-7-15/h5,10-11,14-16,18H,6-9H2,1-4H3. The second-order valence-corrected chi connectivity index (χ2v) is 5.96. The maximum absolute atomic E-state index is 5.43. The fourth-order valence-electron chi connectivity index (χ4n) is 3.22. The van der Waals surface area contributed by atoms with Crippen molar-refractivity contribution in [3.63, 3.8) is 0 Å². The first-order chi connectivity index (χ1) is 9.10. The van der Waals surface area contributed by atoms with Gasteiger partial charge in [0.25, 0.3) is 0 Å². The zero-order chi connectivity index (χ0) is 13.8. The molecule has 0 aromatic heterocycles. The van der Waals surface area contributed by atoms with Gasteiger partial charge in [-0.2, -0.15) is 0 Å². The van der Waals surface area contributed by atoms with E-state index in [9.17, 15) is 0 Å². The van der Waals surface area contributed by atoms with Crippen LogP contribution in [-0.2, 0) is 4.74 Å². The molecule has 2 heteroatoms. The smallest absolute Gasteiger partial charge is 0.0572 e. The monoisotopic (exact) mass is 261 g/mol. The van der Waals surface area contributed by atoms with Gasteiger partial charge in [0.05, 0.1) is 6.10 Å². The van der Waals surface area contributed by atoms with Crippen molar-refractivity contribution in [2.45, 2.75) is 64.6 Å². The lowest BCUT2D eigenvalue weighted by molar-refractivity contribution is 0.0614. The highest BCUT2D eigenvalue weighted by Crippen LogP contribution is 2.25. The fraction of sp³-hybridized carbons (Fsp3) is 0.647. The molecule has 1 saturated carbocycles. The van der Waals surface area contributed by atoms with Crippen LogP contribution < -0.4 is 5.32 Å². The molecular weight excluding hydrogens is 234 g/mol. The van der Waals surface area contributed by atoms with Crippen LogP contribution in [0.5, 0.6) is 0 Å². The van der Waals surface area contributed by atoms with Gasteiger partial charge in [-0.3, -0.25) is 0 Å². The largest absolute Gasteiger partial charge is 0.381 e. The molecule has 2 rings (SSSR count). The van der Waals surface area contributed by atoms with Gasteiger partial charge in [0.15, 0.2) is 0 Å². The predicted octanol–water partition coefficient (Wildman–Crippen LogP) is 3.91. The Kier molecular flexibility index (Phi) is 5.00. The highest BCUT2D eigenvalue weighted by molar-refractivity contribution is 5.32. The van der Waals surface area contributed by atoms with E-state index in [1.165, 1.54) is 42.4 Å². The summed E-state index contributed by atoms with van der Waals surface area (Å²) in [5.74, 6) is 0. The third kappa shape index (κ3) is 3.80. The molecule has 1 N–H and O–H groups in total. The van der Waals surface area contributed by atoms with Gasteiger partial charge in [-0.25, -0.2) is 0 Å². The number of hydrogen-bond acceptors (Lipinski definition) is 2. The molecule has 0 radical (unpaired) electrons. The molecule has 1 aromatic carbocycles. The maximum atomic E-state index is 5.43. The first-order valence-electron chi connectivity index (χ1n) is 7.46. The molecule has 19 heavy (non-hydrogen) atoms. The van der Waals surface area contributed by atoms with Crippen LogP contribution in [-0.4, -0.2) is 19.3 Å². The molecule has 1 aromatic rings. The Bertz CT molecular complexity index is 408. The molecule has 106 valence electrons. The van der Waals surface area contributed by atoms with E-state index in [1.54, 1.807) is 0 Å². The molecule has 0 heterocycles. The normalized spacial score (nSPS) is 25.3. The molecular formula is C17H27NO. The van der Waals surface area contributed by atoms with Crippen molar-refractivity contribution in [2.75, 3.05) is 7.11 Å². The van der Waals surface area contributed by atoms with E-state index in [-0.39, 0.29) is 0 Å². The average Bonchev–Trinajstić information content (AvgIpc) is 2.39. The van der Waals surface area contributed by atoms with Crippen LogP contribution in [0.3, 0.4) is 0 Å². The summed E-state index contributed by atoms with van der Waals surface area (Å²) in [7, 11) is 1.83. The third-order valence-electron chi connectivity index (χ3n) is 4.39. The Hall–Kier alpha value is -0.860. The molecule has 1 atom stereocenters. The fourth-order valence-corrected chi connectivity index (χ4v) is 3.22. The van der Waals surface area contributed by atoms with E-state index in [2.05, 4.69) is 44.3 Å². The van der Waals surface area contributed by atoms with Crippen molar-refractivity contribution in [1.29, 1.82) is 0 Å². The predicted molar refractivity (Wildman–Crippen MR) is 80.5 cm³/mol. The van der Waals surface area contributed by atoms with Crippen LogP contribution in [0.1, 0.15) is 55.3 Å². The van der Waals surface area contributed by atoms with Gasteiger partial charge >= 0.3 is 0 Å². The molecule has 0 amide bonds. The van der Waals surface area contributed by atoms with E-state index in [4.69, 9.17) is 4.74 Å². The van der Waals surface area contributed by atoms with Crippen LogP contribution in [0, 0.1) is 13.8 Å². The molecule has 0 saturated heterocycles. The second kappa shape index (κ2) is 6.53. The Labute approximate surface area is 117 Å². The van der Waals surface area contributed by atoms with Gasteiger partial charge in [-0.15, -0.1) is 0 Å². The van der Waals surface area contributed by atoms with E-state index < -0.39 is 0 Å². The van der Waals surface area contributed by atoms with Crippen molar-refractivity contribution in [2.24, 2.45) is 0 Å². The third-order valence-corrected chi connectivity index (χ3v) is 4.39. The minimum absolute atomic E-state index is 0.435. The first-order valence-corrected chi connectivity index (χ1v) is 7.46.